The number of aromatic nitrogens is 2. The van der Waals surface area contributed by atoms with Crippen LogP contribution in [-0.2, 0) is 0 Å². The molecule has 40 heavy (non-hydrogen) atoms. The predicted octanol–water partition coefficient (Wildman–Crippen LogP) is 8.39. The van der Waals surface area contributed by atoms with Crippen LogP contribution in [-0.4, -0.2) is 15.8 Å². The van der Waals surface area contributed by atoms with Crippen LogP contribution in [0.5, 0.6) is 0 Å². The lowest BCUT2D eigenvalue weighted by Crippen LogP contribution is -2.23. The number of benzene rings is 5. The van der Waals surface area contributed by atoms with Gasteiger partial charge in [-0.1, -0.05) is 114 Å². The van der Waals surface area contributed by atoms with Crippen molar-refractivity contribution >= 4 is 73.6 Å². The SMILES string of the molecule is NC(=Nc1nc(Cl)cc(Cl)n1)c1ccc(C2Nc3c(c4ccccc4c4ccccc34)N2c2ccccc2)cc1. The first-order chi connectivity index (χ1) is 19.6. The van der Waals surface area contributed by atoms with E-state index in [0.717, 1.165) is 28.2 Å². The first-order valence-electron chi connectivity index (χ1n) is 12.8. The first kappa shape index (κ1) is 24.4. The molecule has 1 aromatic heterocycles. The average molecular weight is 561 g/mol. The zero-order chi connectivity index (χ0) is 27.2. The molecule has 1 unspecified atom stereocenters. The van der Waals surface area contributed by atoms with Gasteiger partial charge in [-0.05, 0) is 28.5 Å². The summed E-state index contributed by atoms with van der Waals surface area (Å²) >= 11 is 12.0. The highest BCUT2D eigenvalue weighted by molar-refractivity contribution is 6.33. The van der Waals surface area contributed by atoms with Crippen LogP contribution in [0.1, 0.15) is 17.3 Å². The number of halogens is 2. The molecule has 7 rings (SSSR count). The van der Waals surface area contributed by atoms with Crippen LogP contribution in [0, 0.1) is 0 Å². The molecule has 194 valence electrons. The Morgan fingerprint density at radius 1 is 0.725 bits per heavy atom. The zero-order valence-corrected chi connectivity index (χ0v) is 22.6. The fourth-order valence-electron chi connectivity index (χ4n) is 5.39. The molecule has 6 nitrogen and oxygen atoms in total. The molecular weight excluding hydrogens is 539 g/mol. The molecular formula is C32H22Cl2N6. The molecule has 0 saturated carbocycles. The van der Waals surface area contributed by atoms with E-state index in [2.05, 4.69) is 110 Å². The monoisotopic (exact) mass is 560 g/mol. The molecule has 1 aliphatic heterocycles. The molecule has 1 atom stereocenters. The van der Waals surface area contributed by atoms with Gasteiger partial charge in [0.05, 0.1) is 11.4 Å². The Labute approximate surface area is 240 Å². The number of nitrogens with two attached hydrogens (primary N) is 1. The number of amidine groups is 1. The summed E-state index contributed by atoms with van der Waals surface area (Å²) in [6.45, 7) is 0. The molecule has 0 aliphatic carbocycles. The maximum absolute atomic E-state index is 6.30. The van der Waals surface area contributed by atoms with Crippen LogP contribution in [0.2, 0.25) is 10.3 Å². The minimum absolute atomic E-state index is 0.112. The lowest BCUT2D eigenvalue weighted by molar-refractivity contribution is 0.830. The number of anilines is 3. The highest BCUT2D eigenvalue weighted by atomic mass is 35.5. The van der Waals surface area contributed by atoms with Crippen molar-refractivity contribution in [3.8, 4) is 0 Å². The van der Waals surface area contributed by atoms with Gasteiger partial charge in [-0.3, -0.25) is 0 Å². The molecule has 0 bridgehead atoms. The van der Waals surface area contributed by atoms with Crippen LogP contribution >= 0.6 is 23.2 Å². The Bertz CT molecular complexity index is 1900. The van der Waals surface area contributed by atoms with Gasteiger partial charge in [0, 0.05) is 28.1 Å². The predicted molar refractivity (Wildman–Crippen MR) is 165 cm³/mol. The van der Waals surface area contributed by atoms with E-state index in [9.17, 15) is 0 Å². The van der Waals surface area contributed by atoms with E-state index in [4.69, 9.17) is 28.9 Å². The van der Waals surface area contributed by atoms with E-state index >= 15 is 0 Å². The van der Waals surface area contributed by atoms with Crippen molar-refractivity contribution in [1.29, 1.82) is 0 Å². The largest absolute Gasteiger partial charge is 0.383 e. The summed E-state index contributed by atoms with van der Waals surface area (Å²) in [4.78, 5) is 14.9. The molecule has 0 spiro atoms. The van der Waals surface area contributed by atoms with Crippen molar-refractivity contribution in [3.63, 3.8) is 0 Å². The van der Waals surface area contributed by atoms with Gasteiger partial charge >= 0.3 is 0 Å². The third-order valence-electron chi connectivity index (χ3n) is 7.11. The van der Waals surface area contributed by atoms with Gasteiger partial charge in [0.2, 0.25) is 0 Å². The average Bonchev–Trinajstić information content (AvgIpc) is 3.38. The molecule has 0 fully saturated rings. The van der Waals surface area contributed by atoms with E-state index < -0.39 is 0 Å². The summed E-state index contributed by atoms with van der Waals surface area (Å²) in [5.74, 6) is 0.380. The molecule has 5 aromatic carbocycles. The van der Waals surface area contributed by atoms with Gasteiger partial charge in [0.25, 0.3) is 5.95 Å². The van der Waals surface area contributed by atoms with Crippen LogP contribution in [0.4, 0.5) is 23.0 Å². The lowest BCUT2D eigenvalue weighted by Gasteiger charge is -2.28. The van der Waals surface area contributed by atoms with Crippen LogP contribution < -0.4 is 16.0 Å². The third-order valence-corrected chi connectivity index (χ3v) is 7.50. The smallest absolute Gasteiger partial charge is 0.254 e. The van der Waals surface area contributed by atoms with Gasteiger partial charge in [-0.2, -0.15) is 15.0 Å². The minimum Gasteiger partial charge on any atom is -0.383 e. The number of aliphatic imine (C=N–C) groups is 1. The number of nitrogens with zero attached hydrogens (tertiary/aromatic N) is 4. The number of hydrogen-bond acceptors (Lipinski definition) is 5. The first-order valence-corrected chi connectivity index (χ1v) is 13.5. The molecule has 0 amide bonds. The Morgan fingerprint density at radius 2 is 1.30 bits per heavy atom. The standard InChI is InChI=1S/C32H22Cl2N6/c33-26-18-27(34)37-32(36-26)39-30(35)19-14-16-20(17-15-19)31-38-28-24-12-6-4-10-22(24)23-11-5-7-13-25(23)29(28)40(31)21-8-2-1-3-9-21/h1-18,31,38H,(H2,35,36,37,39). The van der Waals surface area contributed by atoms with Crippen molar-refractivity contribution in [2.45, 2.75) is 6.17 Å². The van der Waals surface area contributed by atoms with Gasteiger partial charge in [-0.15, -0.1) is 0 Å². The van der Waals surface area contributed by atoms with E-state index in [0.29, 0.717) is 0 Å². The number of rotatable bonds is 4. The Hall–Kier alpha value is -4.65. The second-order valence-corrected chi connectivity index (χ2v) is 10.3. The van der Waals surface area contributed by atoms with E-state index in [1.165, 1.54) is 27.6 Å². The zero-order valence-electron chi connectivity index (χ0n) is 21.1. The van der Waals surface area contributed by atoms with E-state index in [1.807, 2.05) is 18.2 Å². The summed E-state index contributed by atoms with van der Waals surface area (Å²) in [5, 5.41) is 9.09. The maximum Gasteiger partial charge on any atom is 0.254 e. The summed E-state index contributed by atoms with van der Waals surface area (Å²) in [6.07, 6.45) is -0.145. The minimum atomic E-state index is -0.145. The molecule has 6 aromatic rings. The summed E-state index contributed by atoms with van der Waals surface area (Å²) in [7, 11) is 0. The van der Waals surface area contributed by atoms with Crippen LogP contribution in [0.15, 0.2) is 114 Å². The van der Waals surface area contributed by atoms with Gasteiger partial charge in [-0.25, -0.2) is 0 Å². The highest BCUT2D eigenvalue weighted by Crippen LogP contribution is 2.53. The van der Waals surface area contributed by atoms with Crippen molar-refractivity contribution < 1.29 is 0 Å². The molecule has 0 saturated heterocycles. The molecule has 2 heterocycles. The normalized spacial score (nSPS) is 14.9. The number of hydrogen-bond donors (Lipinski definition) is 2. The summed E-state index contributed by atoms with van der Waals surface area (Å²) < 4.78 is 0. The number of para-hydroxylation sites is 1. The Morgan fingerprint density at radius 3 is 1.98 bits per heavy atom. The van der Waals surface area contributed by atoms with Crippen molar-refractivity contribution in [1.82, 2.24) is 9.97 Å². The molecule has 3 N–H and O–H groups in total. The van der Waals surface area contributed by atoms with E-state index in [1.54, 1.807) is 0 Å². The van der Waals surface area contributed by atoms with Gasteiger partial charge in [0.1, 0.15) is 22.3 Å². The fourth-order valence-corrected chi connectivity index (χ4v) is 5.80. The van der Waals surface area contributed by atoms with Gasteiger partial charge in [0.15, 0.2) is 0 Å². The molecule has 8 heteroatoms. The van der Waals surface area contributed by atoms with Crippen molar-refractivity contribution in [2.75, 3.05) is 10.2 Å². The Balaban J connectivity index is 1.34. The van der Waals surface area contributed by atoms with Gasteiger partial charge < -0.3 is 16.0 Å². The lowest BCUT2D eigenvalue weighted by atomic mass is 9.98. The third kappa shape index (κ3) is 4.18. The Kier molecular flexibility index (Phi) is 5.99. The highest BCUT2D eigenvalue weighted by Gasteiger charge is 2.34. The second kappa shape index (κ2) is 9.83. The topological polar surface area (TPSA) is 79.4 Å². The van der Waals surface area contributed by atoms with Crippen LogP contribution in [0.3, 0.4) is 0 Å². The van der Waals surface area contributed by atoms with Crippen molar-refractivity contribution in [2.24, 2.45) is 10.7 Å². The fraction of sp³-hybridized carbons (Fsp3) is 0.0312. The molecule has 0 radical (unpaired) electrons. The maximum atomic E-state index is 6.30. The molecule has 1 aliphatic rings. The second-order valence-electron chi connectivity index (χ2n) is 9.50. The quantitative estimate of drug-likeness (QED) is 0.0978. The van der Waals surface area contributed by atoms with E-state index in [-0.39, 0.29) is 28.3 Å². The summed E-state index contributed by atoms with van der Waals surface area (Å²) in [5.41, 5.74) is 11.5. The number of nitrogens with one attached hydrogen (secondary N) is 1. The van der Waals surface area contributed by atoms with Crippen LogP contribution in [0.25, 0.3) is 21.5 Å². The summed E-state index contributed by atoms with van der Waals surface area (Å²) in [6, 6.07) is 37.1. The van der Waals surface area contributed by atoms with Crippen molar-refractivity contribution in [3.05, 3.63) is 131 Å². The number of fused-ring (bicyclic) bond motifs is 6.